The number of hydrogen-bond acceptors (Lipinski definition) is 6. The highest BCUT2D eigenvalue weighted by atomic mass is 16.5. The van der Waals surface area contributed by atoms with E-state index in [1.165, 1.54) is 0 Å². The van der Waals surface area contributed by atoms with Gasteiger partial charge in [0.1, 0.15) is 0 Å². The normalized spacial score (nSPS) is 18.2. The third-order valence-corrected chi connectivity index (χ3v) is 1.66. The summed E-state index contributed by atoms with van der Waals surface area (Å²) in [6.45, 7) is 3.29. The first kappa shape index (κ1) is 10.1. The second kappa shape index (κ2) is 3.82. The van der Waals surface area contributed by atoms with Gasteiger partial charge in [-0.3, -0.25) is 0 Å². The molecule has 6 nitrogen and oxygen atoms in total. The van der Waals surface area contributed by atoms with Crippen LogP contribution in [0.2, 0.25) is 0 Å². The molecule has 1 aromatic rings. The topological polar surface area (TPSA) is 111 Å². The molecule has 0 fully saturated rings. The van der Waals surface area contributed by atoms with Crippen LogP contribution < -0.4 is 11.5 Å². The van der Waals surface area contributed by atoms with Crippen LogP contribution in [-0.4, -0.2) is 21.4 Å². The Morgan fingerprint density at radius 1 is 1.38 bits per heavy atom. The number of aliphatic hydroxyl groups is 1. The lowest BCUT2D eigenvalue weighted by Crippen LogP contribution is -2.24. The molecule has 3 atom stereocenters. The van der Waals surface area contributed by atoms with Gasteiger partial charge in [-0.15, -0.1) is 0 Å². The lowest BCUT2D eigenvalue weighted by Gasteiger charge is -2.08. The van der Waals surface area contributed by atoms with Crippen molar-refractivity contribution in [1.29, 1.82) is 0 Å². The molecule has 0 spiro atoms. The molecule has 1 heterocycles. The Balaban J connectivity index is 2.79. The van der Waals surface area contributed by atoms with Crippen molar-refractivity contribution < 1.29 is 9.63 Å². The smallest absolute Gasteiger partial charge is 0.243 e. The van der Waals surface area contributed by atoms with Gasteiger partial charge in [-0.05, 0) is 13.8 Å². The zero-order valence-electron chi connectivity index (χ0n) is 7.64. The van der Waals surface area contributed by atoms with Crippen molar-refractivity contribution in [3.05, 3.63) is 11.7 Å². The third kappa shape index (κ3) is 2.24. The summed E-state index contributed by atoms with van der Waals surface area (Å²) >= 11 is 0. The molecular formula is C7H14N4O2. The van der Waals surface area contributed by atoms with Crippen molar-refractivity contribution in [2.75, 3.05) is 0 Å². The van der Waals surface area contributed by atoms with Crippen LogP contribution in [0, 0.1) is 0 Å². The number of aliphatic hydroxyl groups excluding tert-OH is 1. The summed E-state index contributed by atoms with van der Waals surface area (Å²) in [7, 11) is 0. The molecule has 74 valence electrons. The maximum absolute atomic E-state index is 9.14. The van der Waals surface area contributed by atoms with Crippen molar-refractivity contribution in [1.82, 2.24) is 10.1 Å². The van der Waals surface area contributed by atoms with Gasteiger partial charge in [0.05, 0.1) is 18.2 Å². The molecule has 0 aliphatic heterocycles. The van der Waals surface area contributed by atoms with E-state index in [0.717, 1.165) is 0 Å². The lowest BCUT2D eigenvalue weighted by molar-refractivity contribution is 0.159. The second-order valence-electron chi connectivity index (χ2n) is 3.05. The highest BCUT2D eigenvalue weighted by Crippen LogP contribution is 2.13. The van der Waals surface area contributed by atoms with Crippen LogP contribution in [0.15, 0.2) is 4.52 Å². The number of aromatic nitrogens is 2. The Hall–Kier alpha value is -0.980. The molecule has 0 bridgehead atoms. The van der Waals surface area contributed by atoms with Gasteiger partial charge in [0.2, 0.25) is 5.89 Å². The average molecular weight is 186 g/mol. The van der Waals surface area contributed by atoms with Crippen molar-refractivity contribution in [3.8, 4) is 0 Å². The molecular weight excluding hydrogens is 172 g/mol. The van der Waals surface area contributed by atoms with Gasteiger partial charge in [-0.1, -0.05) is 5.16 Å². The molecule has 0 aliphatic carbocycles. The van der Waals surface area contributed by atoms with E-state index in [1.54, 1.807) is 13.8 Å². The van der Waals surface area contributed by atoms with Gasteiger partial charge < -0.3 is 21.1 Å². The number of hydrogen-bond donors (Lipinski definition) is 3. The number of nitrogens with two attached hydrogens (primary N) is 2. The molecule has 0 saturated carbocycles. The van der Waals surface area contributed by atoms with E-state index in [1.807, 2.05) is 0 Å². The van der Waals surface area contributed by atoms with Crippen molar-refractivity contribution in [3.63, 3.8) is 0 Å². The second-order valence-corrected chi connectivity index (χ2v) is 3.05. The number of rotatable bonds is 3. The minimum Gasteiger partial charge on any atom is -0.391 e. The van der Waals surface area contributed by atoms with E-state index < -0.39 is 12.1 Å². The summed E-state index contributed by atoms with van der Waals surface area (Å²) in [6, 6.07) is -0.946. The fraction of sp³-hybridized carbons (Fsp3) is 0.714. The summed E-state index contributed by atoms with van der Waals surface area (Å²) in [5.74, 6) is 0.605. The molecule has 5 N–H and O–H groups in total. The maximum atomic E-state index is 9.14. The molecule has 0 radical (unpaired) electrons. The Labute approximate surface area is 75.9 Å². The monoisotopic (exact) mass is 186 g/mol. The molecule has 0 saturated heterocycles. The van der Waals surface area contributed by atoms with Gasteiger partial charge in [-0.25, -0.2) is 0 Å². The van der Waals surface area contributed by atoms with Crippen LogP contribution in [0.4, 0.5) is 0 Å². The molecule has 1 rings (SSSR count). The van der Waals surface area contributed by atoms with E-state index in [4.69, 9.17) is 21.1 Å². The molecule has 2 unspecified atom stereocenters. The van der Waals surface area contributed by atoms with Crippen molar-refractivity contribution in [2.45, 2.75) is 32.0 Å². The zero-order valence-corrected chi connectivity index (χ0v) is 7.64. The molecule has 0 aliphatic rings. The molecule has 0 amide bonds. The quantitative estimate of drug-likeness (QED) is 0.585. The van der Waals surface area contributed by atoms with E-state index in [9.17, 15) is 0 Å². The highest BCUT2D eigenvalue weighted by Gasteiger charge is 2.19. The minimum absolute atomic E-state index is 0.280. The fourth-order valence-corrected chi connectivity index (χ4v) is 0.783. The predicted molar refractivity (Wildman–Crippen MR) is 45.5 cm³/mol. The first-order valence-electron chi connectivity index (χ1n) is 4.05. The first-order valence-corrected chi connectivity index (χ1v) is 4.05. The highest BCUT2D eigenvalue weighted by molar-refractivity contribution is 4.96. The minimum atomic E-state index is -0.710. The lowest BCUT2D eigenvalue weighted by atomic mass is 10.2. The predicted octanol–water partition coefficient (Wildman–Crippen LogP) is -0.530. The third-order valence-electron chi connectivity index (χ3n) is 1.66. The number of nitrogens with zero attached hydrogens (tertiary/aromatic N) is 2. The van der Waals surface area contributed by atoms with Gasteiger partial charge in [0.25, 0.3) is 0 Å². The average Bonchev–Trinajstić information content (AvgIpc) is 2.50. The van der Waals surface area contributed by atoms with Gasteiger partial charge in [0, 0.05) is 0 Å². The van der Waals surface area contributed by atoms with Crippen molar-refractivity contribution >= 4 is 0 Å². The zero-order chi connectivity index (χ0) is 10.0. The van der Waals surface area contributed by atoms with E-state index in [-0.39, 0.29) is 11.9 Å². The molecule has 6 heteroatoms. The van der Waals surface area contributed by atoms with Crippen LogP contribution in [-0.2, 0) is 0 Å². The Bertz CT molecular complexity index is 271. The van der Waals surface area contributed by atoms with Crippen molar-refractivity contribution in [2.24, 2.45) is 11.5 Å². The Kier molecular flexibility index (Phi) is 2.97. The Morgan fingerprint density at radius 3 is 2.38 bits per heavy atom. The van der Waals surface area contributed by atoms with Crippen LogP contribution in [0.5, 0.6) is 0 Å². The Morgan fingerprint density at radius 2 is 2.00 bits per heavy atom. The van der Waals surface area contributed by atoms with Gasteiger partial charge >= 0.3 is 0 Å². The molecule has 13 heavy (non-hydrogen) atoms. The first-order chi connectivity index (χ1) is 6.02. The van der Waals surface area contributed by atoms with Gasteiger partial charge in [0.15, 0.2) is 5.82 Å². The van der Waals surface area contributed by atoms with Crippen LogP contribution in [0.3, 0.4) is 0 Å². The van der Waals surface area contributed by atoms with Gasteiger partial charge in [-0.2, -0.15) is 4.98 Å². The van der Waals surface area contributed by atoms with Crippen LogP contribution in [0.1, 0.15) is 37.6 Å². The van der Waals surface area contributed by atoms with E-state index >= 15 is 0 Å². The van der Waals surface area contributed by atoms with E-state index in [2.05, 4.69) is 10.1 Å². The summed E-state index contributed by atoms with van der Waals surface area (Å²) in [4.78, 5) is 3.94. The fourth-order valence-electron chi connectivity index (χ4n) is 0.783. The van der Waals surface area contributed by atoms with Crippen LogP contribution >= 0.6 is 0 Å². The standard InChI is InChI=1S/C7H14N4O2/c1-3(8)7-10-6(11-13-7)5(9)4(2)12/h3-5,12H,8-9H2,1-2H3/t3-,4?,5?/m0/s1. The largest absolute Gasteiger partial charge is 0.391 e. The molecule has 0 aromatic carbocycles. The molecule has 1 aromatic heterocycles. The summed E-state index contributed by atoms with van der Waals surface area (Å²) in [6.07, 6.45) is -0.710. The summed E-state index contributed by atoms with van der Waals surface area (Å²) in [5.41, 5.74) is 11.1. The summed E-state index contributed by atoms with van der Waals surface area (Å²) in [5, 5.41) is 12.8. The summed E-state index contributed by atoms with van der Waals surface area (Å²) < 4.78 is 4.82. The van der Waals surface area contributed by atoms with Crippen LogP contribution in [0.25, 0.3) is 0 Å². The maximum Gasteiger partial charge on any atom is 0.243 e. The van der Waals surface area contributed by atoms with E-state index in [0.29, 0.717) is 5.89 Å². The SMILES string of the molecule is CC(O)C(N)c1noc([C@H](C)N)n1.